The fraction of sp³-hybridized carbons (Fsp3) is 0.636. The first-order valence-corrected chi connectivity index (χ1v) is 19.7. The molecule has 0 aliphatic rings. The highest BCUT2D eigenvalue weighted by Crippen LogP contribution is 1.98. The smallest absolute Gasteiger partial charge is 0.374 e. The molecule has 0 heterocycles. The highest BCUT2D eigenvalue weighted by molar-refractivity contribution is 6.32. The molecule has 0 aromatic carbocycles. The van der Waals surface area contributed by atoms with E-state index in [0.717, 1.165) is 57.8 Å². The monoisotopic (exact) mass is 750 g/mol. The van der Waals surface area contributed by atoms with E-state index in [4.69, 9.17) is 14.2 Å². The zero-order valence-electron chi connectivity index (χ0n) is 35.1. The molecule has 0 saturated carbocycles. The number of allylic oxidation sites excluding steroid dienone is 6. The van der Waals surface area contributed by atoms with Crippen molar-refractivity contribution in [2.24, 2.45) is 0 Å². The first-order chi connectivity index (χ1) is 25.5. The van der Waals surface area contributed by atoms with Gasteiger partial charge in [0.25, 0.3) is 0 Å². The minimum Gasteiger partial charge on any atom is -0.465 e. The van der Waals surface area contributed by atoms with Crippen LogP contribution in [0.5, 0.6) is 0 Å². The van der Waals surface area contributed by atoms with Crippen LogP contribution in [0.4, 0.5) is 0 Å². The van der Waals surface area contributed by atoms with Gasteiger partial charge in [-0.05, 0) is 64.7 Å². The maximum absolute atomic E-state index is 11.0. The molecule has 0 unspecified atom stereocenters. The summed E-state index contributed by atoms with van der Waals surface area (Å²) in [6, 6.07) is 0. The van der Waals surface area contributed by atoms with E-state index in [1.165, 1.54) is 19.8 Å². The van der Waals surface area contributed by atoms with Crippen molar-refractivity contribution in [2.75, 3.05) is 26.4 Å². The Hall–Kier alpha value is -3.75. The Bertz CT molecular complexity index is 975. The quantitative estimate of drug-likeness (QED) is 0.0312. The summed E-state index contributed by atoms with van der Waals surface area (Å²) in [5.74, 6) is -1.61. The summed E-state index contributed by atoms with van der Waals surface area (Å²) in [4.78, 5) is 53.1. The Balaban J connectivity index is -0.000000184. The van der Waals surface area contributed by atoms with Crippen molar-refractivity contribution in [2.45, 2.75) is 159 Å². The lowest BCUT2D eigenvalue weighted by Gasteiger charge is -2.01. The second kappa shape index (κ2) is 55.0. The van der Waals surface area contributed by atoms with E-state index in [-0.39, 0.29) is 24.5 Å². The van der Waals surface area contributed by atoms with Crippen molar-refractivity contribution < 1.29 is 42.9 Å². The van der Waals surface area contributed by atoms with Gasteiger partial charge in [0, 0.05) is 26.2 Å². The van der Waals surface area contributed by atoms with Crippen molar-refractivity contribution in [1.29, 1.82) is 0 Å². The number of hydrogen-bond acceptors (Lipinski definition) is 9. The molecule has 0 rings (SSSR count). The highest BCUT2D eigenvalue weighted by Gasteiger charge is 2.06. The minimum absolute atomic E-state index is 0.0632. The fourth-order valence-corrected chi connectivity index (χ4v) is 3.03. The van der Waals surface area contributed by atoms with E-state index >= 15 is 0 Å². The van der Waals surface area contributed by atoms with Crippen molar-refractivity contribution in [3.63, 3.8) is 0 Å². The van der Waals surface area contributed by atoms with Crippen LogP contribution < -0.4 is 0 Å². The van der Waals surface area contributed by atoms with Crippen LogP contribution in [0.1, 0.15) is 159 Å². The Morgan fingerprint density at radius 1 is 0.472 bits per heavy atom. The summed E-state index contributed by atoms with van der Waals surface area (Å²) in [6.45, 7) is 22.6. The van der Waals surface area contributed by atoms with E-state index in [9.17, 15) is 24.0 Å². The van der Waals surface area contributed by atoms with Crippen LogP contribution in [0, 0.1) is 6.92 Å². The molecule has 0 amide bonds. The maximum Gasteiger partial charge on any atom is 0.374 e. The molecular weight excluding hydrogens is 672 g/mol. The van der Waals surface area contributed by atoms with Gasteiger partial charge in [-0.1, -0.05) is 135 Å². The van der Waals surface area contributed by atoms with Gasteiger partial charge in [0.05, 0.1) is 19.8 Å². The van der Waals surface area contributed by atoms with Crippen molar-refractivity contribution in [3.8, 4) is 0 Å². The number of carbonyl (C=O) groups excluding carboxylic acids is 5. The standard InChI is InChI=1S/C11H20O2.C9H14O3.2C9H16O2.C6H11/c1-3-5-7-8-10-13-11(12)9-6-4-2;1-3-4-5-6-7-12-9(11)8(2)10;2*1-3-5-6-7-8-11-9(10)4-2;1-3-5-6-4-2/h5,7H,3-4,6,8-10H2,1-2H3;4-5H,3,6-7H2,1-2H3;6-7H,3-5,8H2,1-2H3;5-6H,3-4,7-8H2,1-2H3;3,5H,1,4,6H2,2H3/b7-5-;5-4-;7-6+;6-5-;5-3+. The van der Waals surface area contributed by atoms with E-state index in [0.29, 0.717) is 45.5 Å². The van der Waals surface area contributed by atoms with Gasteiger partial charge in [0.2, 0.25) is 5.78 Å². The third-order valence-corrected chi connectivity index (χ3v) is 6.00. The molecule has 9 nitrogen and oxygen atoms in total. The molecule has 0 aliphatic heterocycles. The van der Waals surface area contributed by atoms with E-state index < -0.39 is 11.8 Å². The van der Waals surface area contributed by atoms with Crippen LogP contribution in [0.15, 0.2) is 60.8 Å². The summed E-state index contributed by atoms with van der Waals surface area (Å²) < 4.78 is 19.3. The molecular formula is C44H77O9. The molecule has 0 N–H and O–H groups in total. The molecule has 0 spiro atoms. The average molecular weight is 750 g/mol. The normalized spacial score (nSPS) is 10.4. The molecule has 0 saturated heterocycles. The molecule has 0 bridgehead atoms. The van der Waals surface area contributed by atoms with Crippen LogP contribution in [-0.4, -0.2) is 56.1 Å². The number of hydrogen-bond donors (Lipinski definition) is 0. The van der Waals surface area contributed by atoms with Gasteiger partial charge in [-0.25, -0.2) is 4.79 Å². The van der Waals surface area contributed by atoms with Gasteiger partial charge in [0.15, 0.2) is 0 Å². The lowest BCUT2D eigenvalue weighted by Crippen LogP contribution is -2.13. The lowest BCUT2D eigenvalue weighted by molar-refractivity contribution is -0.152. The zero-order chi connectivity index (χ0) is 41.2. The SMILES string of the molecule is CC/C=C\CCOC(=O)C(C)=O.CC/C=C\CCOC(=O)CC.CC/C=C\CCOC(=O)CCCC.CCC/C=C/COC(=O)CC.[CH2]/C=C/CCC. The van der Waals surface area contributed by atoms with Crippen LogP contribution in [-0.2, 0) is 42.9 Å². The first kappa shape index (κ1) is 58.6. The van der Waals surface area contributed by atoms with Crippen molar-refractivity contribution >= 4 is 29.7 Å². The summed E-state index contributed by atoms with van der Waals surface area (Å²) in [5.41, 5.74) is 0. The number of rotatable bonds is 24. The Kier molecular flexibility index (Phi) is 60.8. The second-order valence-electron chi connectivity index (χ2n) is 11.2. The van der Waals surface area contributed by atoms with Gasteiger partial charge in [-0.2, -0.15) is 0 Å². The molecule has 0 aromatic rings. The van der Waals surface area contributed by atoms with E-state index in [1.807, 2.05) is 49.5 Å². The van der Waals surface area contributed by atoms with Gasteiger partial charge in [-0.15, -0.1) is 0 Å². The molecule has 53 heavy (non-hydrogen) atoms. The topological polar surface area (TPSA) is 122 Å². The van der Waals surface area contributed by atoms with Crippen molar-refractivity contribution in [1.82, 2.24) is 0 Å². The van der Waals surface area contributed by atoms with Gasteiger partial charge >= 0.3 is 23.9 Å². The first-order valence-electron chi connectivity index (χ1n) is 19.7. The molecule has 0 atom stereocenters. The third-order valence-electron chi connectivity index (χ3n) is 6.00. The number of esters is 4. The predicted octanol–water partition coefficient (Wildman–Crippen LogP) is 11.3. The molecule has 1 radical (unpaired) electrons. The van der Waals surface area contributed by atoms with Gasteiger partial charge in [0.1, 0.15) is 6.61 Å². The Labute approximate surface area is 324 Å². The Morgan fingerprint density at radius 2 is 0.887 bits per heavy atom. The largest absolute Gasteiger partial charge is 0.465 e. The molecule has 9 heteroatoms. The summed E-state index contributed by atoms with van der Waals surface area (Å²) in [6.07, 6.45) is 33.4. The summed E-state index contributed by atoms with van der Waals surface area (Å²) >= 11 is 0. The number of unbranched alkanes of at least 4 members (excludes halogenated alkanes) is 3. The number of carbonyl (C=O) groups is 5. The van der Waals surface area contributed by atoms with Crippen LogP contribution in [0.2, 0.25) is 0 Å². The van der Waals surface area contributed by atoms with Gasteiger partial charge < -0.3 is 18.9 Å². The van der Waals surface area contributed by atoms with Crippen LogP contribution in [0.3, 0.4) is 0 Å². The summed E-state index contributed by atoms with van der Waals surface area (Å²) in [5, 5.41) is 0. The Morgan fingerprint density at radius 3 is 1.26 bits per heavy atom. The molecule has 307 valence electrons. The fourth-order valence-electron chi connectivity index (χ4n) is 3.03. The van der Waals surface area contributed by atoms with Crippen LogP contribution >= 0.6 is 0 Å². The molecule has 0 aromatic heterocycles. The maximum atomic E-state index is 11.0. The van der Waals surface area contributed by atoms with Gasteiger partial charge in [-0.3, -0.25) is 19.2 Å². The third kappa shape index (κ3) is 67.0. The number of ether oxygens (including phenoxy) is 4. The predicted molar refractivity (Wildman–Crippen MR) is 220 cm³/mol. The minimum atomic E-state index is -0.750. The number of ketones is 1. The second-order valence-corrected chi connectivity index (χ2v) is 11.2. The van der Waals surface area contributed by atoms with Crippen molar-refractivity contribution in [3.05, 3.63) is 67.7 Å². The van der Waals surface area contributed by atoms with Crippen LogP contribution in [0.25, 0.3) is 0 Å². The molecule has 0 aliphatic carbocycles. The summed E-state index contributed by atoms with van der Waals surface area (Å²) in [7, 11) is 0. The highest BCUT2D eigenvalue weighted by atomic mass is 16.5. The average Bonchev–Trinajstić information content (AvgIpc) is 3.16. The zero-order valence-corrected chi connectivity index (χ0v) is 35.1. The number of Topliss-reactive ketones (excluding diaryl/α,β-unsaturated/α-hetero) is 1. The van der Waals surface area contributed by atoms with E-state index in [2.05, 4.69) is 64.5 Å². The molecule has 0 fully saturated rings. The van der Waals surface area contributed by atoms with E-state index in [1.54, 1.807) is 13.8 Å². The lowest BCUT2D eigenvalue weighted by atomic mass is 10.2.